The molecule has 4 aromatic rings. The molecule has 3 aliphatic rings. The number of ether oxygens (including phenoxy) is 2. The predicted molar refractivity (Wildman–Crippen MR) is 219 cm³/mol. The van der Waals surface area contributed by atoms with Gasteiger partial charge in [-0.1, -0.05) is 94.8 Å². The molecule has 308 valence electrons. The molecule has 3 fully saturated rings. The Morgan fingerprint density at radius 1 is 0.724 bits per heavy atom. The van der Waals surface area contributed by atoms with Crippen molar-refractivity contribution in [2.45, 2.75) is 97.1 Å². The summed E-state index contributed by atoms with van der Waals surface area (Å²) in [6.07, 6.45) is 3.04. The normalized spacial score (nSPS) is 23.4. The average molecular weight is 813 g/mol. The number of piperidine rings is 1. The Hall–Kier alpha value is -5.37. The lowest BCUT2D eigenvalue weighted by atomic mass is 10.0. The van der Waals surface area contributed by atoms with Crippen LogP contribution in [0, 0.1) is 23.7 Å². The Labute approximate surface area is 343 Å². The highest BCUT2D eigenvalue weighted by Crippen LogP contribution is 2.53. The molecular weight excluding hydrogens is 760 g/mol. The summed E-state index contributed by atoms with van der Waals surface area (Å²) < 4.78 is 9.59. The summed E-state index contributed by atoms with van der Waals surface area (Å²) in [5.41, 5.74) is 5.39. The number of aromatic nitrogens is 4. The van der Waals surface area contributed by atoms with Gasteiger partial charge >= 0.3 is 12.2 Å². The summed E-state index contributed by atoms with van der Waals surface area (Å²) in [6.45, 7) is 11.7. The van der Waals surface area contributed by atoms with E-state index in [1.54, 1.807) is 0 Å². The molecule has 0 spiro atoms. The Morgan fingerprint density at radius 3 is 1.79 bits per heavy atom. The maximum absolute atomic E-state index is 13.9. The van der Waals surface area contributed by atoms with E-state index in [-0.39, 0.29) is 53.7 Å². The number of hydrogen-bond donors (Lipinski definition) is 4. The highest BCUT2D eigenvalue weighted by molar-refractivity contribution is 6.31. The molecule has 2 aliphatic heterocycles. The Balaban J connectivity index is 1.04. The topological polar surface area (TPSA) is 175 Å². The van der Waals surface area contributed by atoms with E-state index in [4.69, 9.17) is 31.0 Å². The third kappa shape index (κ3) is 7.90. The second kappa shape index (κ2) is 16.5. The van der Waals surface area contributed by atoms with Crippen molar-refractivity contribution < 1.29 is 28.7 Å². The van der Waals surface area contributed by atoms with Crippen LogP contribution in [0.25, 0.3) is 33.6 Å². The maximum atomic E-state index is 13.9. The first-order valence-electron chi connectivity index (χ1n) is 20.0. The molecule has 0 bridgehead atoms. The second-order valence-electron chi connectivity index (χ2n) is 16.6. The first-order valence-corrected chi connectivity index (χ1v) is 20.4. The molecule has 15 heteroatoms. The third-order valence-corrected chi connectivity index (χ3v) is 12.5. The van der Waals surface area contributed by atoms with E-state index in [1.165, 1.54) is 14.2 Å². The fourth-order valence-electron chi connectivity index (χ4n) is 8.60. The van der Waals surface area contributed by atoms with E-state index in [9.17, 15) is 19.2 Å². The van der Waals surface area contributed by atoms with Crippen LogP contribution < -0.4 is 10.6 Å². The van der Waals surface area contributed by atoms with Gasteiger partial charge in [-0.15, -0.1) is 0 Å². The van der Waals surface area contributed by atoms with Gasteiger partial charge in [0.05, 0.1) is 43.9 Å². The number of alkyl carbamates (subject to hydrolysis) is 2. The van der Waals surface area contributed by atoms with Crippen molar-refractivity contribution >= 4 is 35.6 Å². The van der Waals surface area contributed by atoms with Crippen LogP contribution >= 0.6 is 11.6 Å². The smallest absolute Gasteiger partial charge is 0.407 e. The molecule has 4 amide bonds. The van der Waals surface area contributed by atoms with Gasteiger partial charge in [0.1, 0.15) is 23.7 Å². The average Bonchev–Trinajstić information content (AvgIpc) is 3.56. The Morgan fingerprint density at radius 2 is 1.24 bits per heavy atom. The van der Waals surface area contributed by atoms with Crippen LogP contribution in [0.2, 0.25) is 5.15 Å². The predicted octanol–water partition coefficient (Wildman–Crippen LogP) is 7.51. The SMILES string of the molecule is COC(=O)N[C@H](C(=O)N1C(C)[C@H](C)C[C@H]1c1nc(Cl)c(-c2ccc(-c3ccc(-c4cnc([C@@H]5C[C@H]6C[C@H]6N5C(=O)[C@@H](NC(=O)OC)C(C)C)[nH]4)cc3)cc2)[nH]1)C(C)C. The number of imidazole rings is 2. The molecule has 14 nitrogen and oxygen atoms in total. The van der Waals surface area contributed by atoms with Crippen molar-refractivity contribution in [3.8, 4) is 33.6 Å². The standard InChI is InChI=1S/C43H53ClN8O6/c1-21(2)34(48-42(55)57-7)40(53)51-24(6)23(5)17-32(51)39-47-36(37(44)50-39)28-15-11-26(12-16-28)25-9-13-27(14-10-25)30-20-45-38(46-30)33-19-29-18-31(29)52(33)41(54)35(22(3)4)49-43(56)58-8/h9-16,20-24,29,31-35H,17-19H2,1-8H3,(H,45,46)(H,47,50)(H,48,55)(H,49,56)/t23-,24?,29-,31-,32+,33+,34+,35+/m1/s1. The molecule has 7 rings (SSSR count). The molecule has 2 aromatic carbocycles. The van der Waals surface area contributed by atoms with Crippen LogP contribution in [0.5, 0.6) is 0 Å². The summed E-state index contributed by atoms with van der Waals surface area (Å²) in [5.74, 6) is 1.43. The van der Waals surface area contributed by atoms with Crippen LogP contribution in [0.3, 0.4) is 0 Å². The summed E-state index contributed by atoms with van der Waals surface area (Å²) in [4.78, 5) is 71.9. The van der Waals surface area contributed by atoms with Gasteiger partial charge in [-0.25, -0.2) is 19.6 Å². The summed E-state index contributed by atoms with van der Waals surface area (Å²) in [7, 11) is 2.58. The first kappa shape index (κ1) is 40.8. The highest BCUT2D eigenvalue weighted by Gasteiger charge is 2.56. The molecule has 58 heavy (non-hydrogen) atoms. The number of hydrogen-bond acceptors (Lipinski definition) is 8. The molecule has 8 atom stereocenters. The molecule has 1 saturated carbocycles. The Bertz CT molecular complexity index is 2150. The quantitative estimate of drug-likeness (QED) is 0.120. The van der Waals surface area contributed by atoms with E-state index in [0.29, 0.717) is 29.0 Å². The highest BCUT2D eigenvalue weighted by atomic mass is 35.5. The van der Waals surface area contributed by atoms with Gasteiger partial charge in [-0.2, -0.15) is 0 Å². The molecular formula is C43H53ClN8O6. The number of nitrogens with zero attached hydrogens (tertiary/aromatic N) is 4. The molecule has 1 unspecified atom stereocenters. The number of nitrogens with one attached hydrogen (secondary N) is 4. The van der Waals surface area contributed by atoms with Crippen LogP contribution in [-0.2, 0) is 19.1 Å². The summed E-state index contributed by atoms with van der Waals surface area (Å²) >= 11 is 6.75. The first-order chi connectivity index (χ1) is 27.7. The second-order valence-corrected chi connectivity index (χ2v) is 17.0. The van der Waals surface area contributed by atoms with Gasteiger partial charge in [-0.05, 0) is 66.5 Å². The van der Waals surface area contributed by atoms with Gasteiger partial charge in [0.15, 0.2) is 5.15 Å². The van der Waals surface area contributed by atoms with Crippen molar-refractivity contribution in [2.75, 3.05) is 14.2 Å². The summed E-state index contributed by atoms with van der Waals surface area (Å²) in [6, 6.07) is 14.4. The number of amides is 4. The van der Waals surface area contributed by atoms with Crippen LogP contribution in [0.1, 0.15) is 84.5 Å². The molecule has 2 aromatic heterocycles. The zero-order valence-electron chi connectivity index (χ0n) is 34.2. The fourth-order valence-corrected chi connectivity index (χ4v) is 8.85. The van der Waals surface area contributed by atoms with Crippen LogP contribution in [0.4, 0.5) is 9.59 Å². The minimum absolute atomic E-state index is 0.0776. The fraction of sp³-hybridized carbons (Fsp3) is 0.488. The van der Waals surface area contributed by atoms with E-state index in [1.807, 2.05) is 87.0 Å². The van der Waals surface area contributed by atoms with Gasteiger partial charge in [-0.3, -0.25) is 9.59 Å². The minimum atomic E-state index is -0.751. The number of benzene rings is 2. The number of likely N-dealkylation sites (tertiary alicyclic amines) is 2. The van der Waals surface area contributed by atoms with E-state index in [2.05, 4.69) is 39.7 Å². The number of rotatable bonds is 11. The zero-order valence-corrected chi connectivity index (χ0v) is 35.0. The van der Waals surface area contributed by atoms with E-state index < -0.39 is 24.3 Å². The van der Waals surface area contributed by atoms with Gasteiger partial charge in [0, 0.05) is 17.6 Å². The van der Waals surface area contributed by atoms with Crippen molar-refractivity contribution in [1.29, 1.82) is 0 Å². The van der Waals surface area contributed by atoms with E-state index >= 15 is 0 Å². The van der Waals surface area contributed by atoms with Gasteiger partial charge < -0.3 is 39.9 Å². The molecule has 1 aliphatic carbocycles. The van der Waals surface area contributed by atoms with Crippen molar-refractivity contribution in [3.05, 3.63) is 71.5 Å². The number of carbonyl (C=O) groups is 4. The number of halogens is 1. The zero-order chi connectivity index (χ0) is 41.6. The van der Waals surface area contributed by atoms with Crippen molar-refractivity contribution in [1.82, 2.24) is 40.4 Å². The number of methoxy groups -OCH3 is 2. The maximum Gasteiger partial charge on any atom is 0.407 e. The molecule has 4 N–H and O–H groups in total. The molecule has 0 radical (unpaired) electrons. The lowest BCUT2D eigenvalue weighted by molar-refractivity contribution is -0.138. The number of aromatic amines is 2. The molecule has 4 heterocycles. The lowest BCUT2D eigenvalue weighted by Crippen LogP contribution is -2.53. The van der Waals surface area contributed by atoms with Crippen molar-refractivity contribution in [3.63, 3.8) is 0 Å². The monoisotopic (exact) mass is 812 g/mol. The lowest BCUT2D eigenvalue weighted by Gasteiger charge is -2.33. The minimum Gasteiger partial charge on any atom is -0.453 e. The number of H-pyrrole nitrogens is 2. The largest absolute Gasteiger partial charge is 0.453 e. The number of fused-ring (bicyclic) bond motifs is 1. The van der Waals surface area contributed by atoms with Crippen LogP contribution in [0.15, 0.2) is 54.7 Å². The van der Waals surface area contributed by atoms with Crippen LogP contribution in [-0.4, -0.2) is 92.1 Å². The molecule has 2 saturated heterocycles. The van der Waals surface area contributed by atoms with Gasteiger partial charge in [0.25, 0.3) is 0 Å². The Kier molecular flexibility index (Phi) is 11.6. The van der Waals surface area contributed by atoms with E-state index in [0.717, 1.165) is 46.6 Å². The third-order valence-electron chi connectivity index (χ3n) is 12.2. The van der Waals surface area contributed by atoms with Crippen molar-refractivity contribution in [2.24, 2.45) is 23.7 Å². The summed E-state index contributed by atoms with van der Waals surface area (Å²) in [5, 5.41) is 5.76. The van der Waals surface area contributed by atoms with Gasteiger partial charge in [0.2, 0.25) is 11.8 Å². The number of carbonyl (C=O) groups excluding carboxylic acids is 4.